The van der Waals surface area contributed by atoms with Crippen LogP contribution in [-0.4, -0.2) is 49.1 Å². The molecule has 3 rings (SSSR count). The van der Waals surface area contributed by atoms with Gasteiger partial charge in [0, 0.05) is 45.0 Å². The van der Waals surface area contributed by atoms with Crippen LogP contribution in [0.1, 0.15) is 31.4 Å². The first-order valence-corrected chi connectivity index (χ1v) is 8.24. The van der Waals surface area contributed by atoms with Crippen molar-refractivity contribution in [2.45, 2.75) is 32.6 Å². The summed E-state index contributed by atoms with van der Waals surface area (Å²) in [7, 11) is 1.70. The molecule has 22 heavy (non-hydrogen) atoms. The average molecular weight is 303 g/mol. The summed E-state index contributed by atoms with van der Waals surface area (Å²) >= 11 is 0. The van der Waals surface area contributed by atoms with E-state index in [4.69, 9.17) is 4.98 Å². The van der Waals surface area contributed by atoms with Gasteiger partial charge in [-0.15, -0.1) is 0 Å². The van der Waals surface area contributed by atoms with Gasteiger partial charge >= 0.3 is 0 Å². The van der Waals surface area contributed by atoms with Crippen molar-refractivity contribution in [1.82, 2.24) is 15.3 Å². The number of carbonyl (C=O) groups is 1. The smallest absolute Gasteiger partial charge is 0.227 e. The molecule has 120 valence electrons. The standard InChI is InChI=1S/C16H25N5O/c1-12-10-14(21-9-6-13(11-21)15(22)17-2)19-16(18-12)20-7-4-3-5-8-20/h10,13H,3-9,11H2,1-2H3,(H,17,22)/t13-/m0/s1. The average Bonchev–Trinajstić information content (AvgIpc) is 3.04. The highest BCUT2D eigenvalue weighted by Gasteiger charge is 2.29. The van der Waals surface area contributed by atoms with Crippen LogP contribution in [0.4, 0.5) is 11.8 Å². The first-order valence-electron chi connectivity index (χ1n) is 8.24. The largest absolute Gasteiger partial charge is 0.359 e. The topological polar surface area (TPSA) is 61.4 Å². The van der Waals surface area contributed by atoms with Crippen molar-refractivity contribution in [2.75, 3.05) is 43.0 Å². The third-order valence-electron chi connectivity index (χ3n) is 4.60. The van der Waals surface area contributed by atoms with Gasteiger partial charge in [0.05, 0.1) is 5.92 Å². The van der Waals surface area contributed by atoms with Gasteiger partial charge in [-0.25, -0.2) is 4.98 Å². The minimum Gasteiger partial charge on any atom is -0.359 e. The van der Waals surface area contributed by atoms with Crippen LogP contribution < -0.4 is 15.1 Å². The number of nitrogens with zero attached hydrogens (tertiary/aromatic N) is 4. The van der Waals surface area contributed by atoms with Crippen LogP contribution in [0.3, 0.4) is 0 Å². The van der Waals surface area contributed by atoms with Crippen LogP contribution in [-0.2, 0) is 4.79 Å². The molecular formula is C16H25N5O. The van der Waals surface area contributed by atoms with E-state index in [1.54, 1.807) is 7.05 Å². The number of amides is 1. The second kappa shape index (κ2) is 6.50. The maximum Gasteiger partial charge on any atom is 0.227 e. The number of aryl methyl sites for hydroxylation is 1. The molecular weight excluding hydrogens is 278 g/mol. The van der Waals surface area contributed by atoms with E-state index in [0.29, 0.717) is 0 Å². The van der Waals surface area contributed by atoms with Crippen molar-refractivity contribution < 1.29 is 4.79 Å². The zero-order valence-electron chi connectivity index (χ0n) is 13.5. The lowest BCUT2D eigenvalue weighted by atomic mass is 10.1. The quantitative estimate of drug-likeness (QED) is 0.913. The molecule has 6 heteroatoms. The van der Waals surface area contributed by atoms with Crippen LogP contribution in [0.25, 0.3) is 0 Å². The van der Waals surface area contributed by atoms with E-state index in [1.165, 1.54) is 19.3 Å². The van der Waals surface area contributed by atoms with Gasteiger partial charge in [-0.1, -0.05) is 0 Å². The van der Waals surface area contributed by atoms with Crippen molar-refractivity contribution in [2.24, 2.45) is 5.92 Å². The molecule has 6 nitrogen and oxygen atoms in total. The molecule has 1 aromatic heterocycles. The number of rotatable bonds is 3. The van der Waals surface area contributed by atoms with Crippen LogP contribution in [0, 0.1) is 12.8 Å². The van der Waals surface area contributed by atoms with Crippen LogP contribution >= 0.6 is 0 Å². The summed E-state index contributed by atoms with van der Waals surface area (Å²) in [6.07, 6.45) is 4.63. The van der Waals surface area contributed by atoms with Gasteiger partial charge in [0.15, 0.2) is 0 Å². The summed E-state index contributed by atoms with van der Waals surface area (Å²) in [6, 6.07) is 2.03. The molecule has 2 fully saturated rings. The number of nitrogens with one attached hydrogen (secondary N) is 1. The Hall–Kier alpha value is -1.85. The Kier molecular flexibility index (Phi) is 4.45. The maximum atomic E-state index is 11.8. The van der Waals surface area contributed by atoms with E-state index in [0.717, 1.165) is 50.1 Å². The first kappa shape index (κ1) is 15.1. The molecule has 0 unspecified atom stereocenters. The molecule has 2 aliphatic heterocycles. The molecule has 0 aromatic carbocycles. The zero-order chi connectivity index (χ0) is 15.5. The van der Waals surface area contributed by atoms with Crippen molar-refractivity contribution in [3.63, 3.8) is 0 Å². The van der Waals surface area contributed by atoms with E-state index in [1.807, 2.05) is 13.0 Å². The molecule has 0 bridgehead atoms. The van der Waals surface area contributed by atoms with E-state index in [2.05, 4.69) is 20.1 Å². The van der Waals surface area contributed by atoms with E-state index < -0.39 is 0 Å². The third-order valence-corrected chi connectivity index (χ3v) is 4.60. The summed E-state index contributed by atoms with van der Waals surface area (Å²) in [5.41, 5.74) is 0.994. The molecule has 0 aliphatic carbocycles. The molecule has 0 radical (unpaired) electrons. The van der Waals surface area contributed by atoms with Crippen molar-refractivity contribution >= 4 is 17.7 Å². The predicted octanol–water partition coefficient (Wildman–Crippen LogP) is 1.35. The van der Waals surface area contributed by atoms with E-state index in [-0.39, 0.29) is 11.8 Å². The van der Waals surface area contributed by atoms with Gasteiger partial charge in [0.25, 0.3) is 0 Å². The normalized spacial score (nSPS) is 22.0. The number of aromatic nitrogens is 2. The second-order valence-corrected chi connectivity index (χ2v) is 6.26. The number of piperidine rings is 1. The summed E-state index contributed by atoms with van der Waals surface area (Å²) in [5.74, 6) is 2.00. The Morgan fingerprint density at radius 2 is 1.95 bits per heavy atom. The highest BCUT2D eigenvalue weighted by atomic mass is 16.1. The SMILES string of the molecule is CNC(=O)[C@H]1CCN(c2cc(C)nc(N3CCCCC3)n2)C1. The molecule has 1 N–H and O–H groups in total. The Morgan fingerprint density at radius 3 is 2.68 bits per heavy atom. The number of carbonyl (C=O) groups excluding carboxylic acids is 1. The lowest BCUT2D eigenvalue weighted by Gasteiger charge is -2.28. The van der Waals surface area contributed by atoms with Crippen LogP contribution in [0.2, 0.25) is 0 Å². The Bertz CT molecular complexity index is 541. The fourth-order valence-corrected chi connectivity index (χ4v) is 3.32. The Balaban J connectivity index is 1.76. The third kappa shape index (κ3) is 3.15. The molecule has 1 amide bonds. The molecule has 2 saturated heterocycles. The number of anilines is 2. The monoisotopic (exact) mass is 303 g/mol. The molecule has 2 aliphatic rings. The lowest BCUT2D eigenvalue weighted by Crippen LogP contribution is -2.32. The van der Waals surface area contributed by atoms with Crippen molar-refractivity contribution in [3.05, 3.63) is 11.8 Å². The van der Waals surface area contributed by atoms with Gasteiger partial charge in [-0.05, 0) is 32.6 Å². The molecule has 0 spiro atoms. The van der Waals surface area contributed by atoms with Gasteiger partial charge in [0.1, 0.15) is 5.82 Å². The van der Waals surface area contributed by atoms with Gasteiger partial charge in [0.2, 0.25) is 11.9 Å². The highest BCUT2D eigenvalue weighted by Crippen LogP contribution is 2.25. The van der Waals surface area contributed by atoms with Crippen LogP contribution in [0.15, 0.2) is 6.07 Å². The lowest BCUT2D eigenvalue weighted by molar-refractivity contribution is -0.123. The summed E-state index contributed by atoms with van der Waals surface area (Å²) < 4.78 is 0. The number of hydrogen-bond donors (Lipinski definition) is 1. The summed E-state index contributed by atoms with van der Waals surface area (Å²) in [5, 5.41) is 2.75. The highest BCUT2D eigenvalue weighted by molar-refractivity contribution is 5.79. The fraction of sp³-hybridized carbons (Fsp3) is 0.688. The predicted molar refractivity (Wildman–Crippen MR) is 87.2 cm³/mol. The molecule has 1 atom stereocenters. The second-order valence-electron chi connectivity index (χ2n) is 6.26. The summed E-state index contributed by atoms with van der Waals surface area (Å²) in [4.78, 5) is 25.7. The van der Waals surface area contributed by atoms with Gasteiger partial charge < -0.3 is 15.1 Å². The first-order chi connectivity index (χ1) is 10.7. The van der Waals surface area contributed by atoms with Gasteiger partial charge in [-0.2, -0.15) is 4.98 Å². The van der Waals surface area contributed by atoms with Crippen molar-refractivity contribution in [1.29, 1.82) is 0 Å². The van der Waals surface area contributed by atoms with Gasteiger partial charge in [-0.3, -0.25) is 4.79 Å². The van der Waals surface area contributed by atoms with Crippen molar-refractivity contribution in [3.8, 4) is 0 Å². The maximum absolute atomic E-state index is 11.8. The molecule has 3 heterocycles. The zero-order valence-corrected chi connectivity index (χ0v) is 13.5. The minimum atomic E-state index is 0.0682. The Labute approximate surface area is 131 Å². The molecule has 1 aromatic rings. The minimum absolute atomic E-state index is 0.0682. The fourth-order valence-electron chi connectivity index (χ4n) is 3.32. The Morgan fingerprint density at radius 1 is 1.18 bits per heavy atom. The van der Waals surface area contributed by atoms with E-state index in [9.17, 15) is 4.79 Å². The number of hydrogen-bond acceptors (Lipinski definition) is 5. The molecule has 0 saturated carbocycles. The van der Waals surface area contributed by atoms with E-state index >= 15 is 0 Å². The summed E-state index contributed by atoms with van der Waals surface area (Å²) in [6.45, 7) is 5.74. The van der Waals surface area contributed by atoms with Crippen LogP contribution in [0.5, 0.6) is 0 Å².